The molecule has 1 aromatic carbocycles. The maximum absolute atomic E-state index is 8.81. The predicted molar refractivity (Wildman–Crippen MR) is 52.0 cm³/mol. The Morgan fingerprint density at radius 2 is 2.15 bits per heavy atom. The van der Waals surface area contributed by atoms with E-state index in [1.807, 2.05) is 18.2 Å². The van der Waals surface area contributed by atoms with Crippen molar-refractivity contribution < 1.29 is 9.52 Å². The summed E-state index contributed by atoms with van der Waals surface area (Å²) in [4.78, 5) is 0. The van der Waals surface area contributed by atoms with E-state index in [0.29, 0.717) is 11.4 Å². The molecule has 2 rings (SSSR count). The molecule has 0 fully saturated rings. The first kappa shape index (κ1) is 8.60. The van der Waals surface area contributed by atoms with E-state index in [0.717, 1.165) is 16.5 Å². The number of benzene rings is 1. The fourth-order valence-electron chi connectivity index (χ4n) is 1.40. The molecule has 1 N–H and O–H groups in total. The molecule has 0 aliphatic carbocycles. The highest BCUT2D eigenvalue weighted by Gasteiger charge is 2.06. The average Bonchev–Trinajstić information content (AvgIpc) is 2.59. The molecule has 1 heterocycles. The predicted octanol–water partition coefficient (Wildman–Crippen LogP) is 2.62. The molecule has 0 bridgehead atoms. The second-order valence-electron chi connectivity index (χ2n) is 2.84. The summed E-state index contributed by atoms with van der Waals surface area (Å²) in [6.45, 7) is 0.122. The molecule has 0 spiro atoms. The average molecular weight is 197 g/mol. The van der Waals surface area contributed by atoms with E-state index in [9.17, 15) is 0 Å². The number of hydrogen-bond acceptors (Lipinski definition) is 2. The van der Waals surface area contributed by atoms with Crippen molar-refractivity contribution in [2.75, 3.05) is 6.61 Å². The number of fused-ring (bicyclic) bond motifs is 1. The summed E-state index contributed by atoms with van der Waals surface area (Å²) < 4.78 is 5.29. The van der Waals surface area contributed by atoms with Crippen LogP contribution in [0, 0.1) is 0 Å². The van der Waals surface area contributed by atoms with Crippen molar-refractivity contribution in [2.45, 2.75) is 6.42 Å². The van der Waals surface area contributed by atoms with Crippen molar-refractivity contribution >= 4 is 22.6 Å². The summed E-state index contributed by atoms with van der Waals surface area (Å²) in [5, 5.41) is 10.4. The topological polar surface area (TPSA) is 33.4 Å². The van der Waals surface area contributed by atoms with Gasteiger partial charge in [0.1, 0.15) is 5.58 Å². The van der Waals surface area contributed by atoms with Crippen LogP contribution in [0.25, 0.3) is 11.0 Å². The monoisotopic (exact) mass is 196 g/mol. The van der Waals surface area contributed by atoms with Gasteiger partial charge < -0.3 is 9.52 Å². The molecule has 0 atom stereocenters. The van der Waals surface area contributed by atoms with Gasteiger partial charge in [-0.25, -0.2) is 0 Å². The van der Waals surface area contributed by atoms with E-state index >= 15 is 0 Å². The Morgan fingerprint density at radius 3 is 2.92 bits per heavy atom. The Bertz CT molecular complexity index is 420. The van der Waals surface area contributed by atoms with Gasteiger partial charge in [-0.2, -0.15) is 0 Å². The minimum absolute atomic E-state index is 0.122. The second kappa shape index (κ2) is 3.40. The zero-order valence-electron chi connectivity index (χ0n) is 6.96. The lowest BCUT2D eigenvalue weighted by atomic mass is 10.1. The molecule has 3 heteroatoms. The third-order valence-corrected chi connectivity index (χ3v) is 2.36. The van der Waals surface area contributed by atoms with Crippen LogP contribution in [0.2, 0.25) is 5.02 Å². The Hall–Kier alpha value is -0.990. The van der Waals surface area contributed by atoms with Gasteiger partial charge >= 0.3 is 0 Å². The first-order chi connectivity index (χ1) is 6.33. The van der Waals surface area contributed by atoms with Gasteiger partial charge in [0, 0.05) is 12.0 Å². The Morgan fingerprint density at radius 1 is 1.31 bits per heavy atom. The quantitative estimate of drug-likeness (QED) is 0.801. The van der Waals surface area contributed by atoms with Crippen molar-refractivity contribution in [2.24, 2.45) is 0 Å². The highest BCUT2D eigenvalue weighted by Crippen LogP contribution is 2.27. The first-order valence-electron chi connectivity index (χ1n) is 4.08. The van der Waals surface area contributed by atoms with Crippen LogP contribution in [-0.2, 0) is 6.42 Å². The van der Waals surface area contributed by atoms with Crippen molar-refractivity contribution in [3.63, 3.8) is 0 Å². The Kier molecular flexibility index (Phi) is 2.25. The molecule has 0 saturated heterocycles. The van der Waals surface area contributed by atoms with Crippen LogP contribution in [0.3, 0.4) is 0 Å². The van der Waals surface area contributed by atoms with Crippen LogP contribution in [0.5, 0.6) is 0 Å². The smallest absolute Gasteiger partial charge is 0.138 e. The molecule has 0 aliphatic heterocycles. The zero-order valence-corrected chi connectivity index (χ0v) is 7.71. The van der Waals surface area contributed by atoms with E-state index in [2.05, 4.69) is 0 Å². The Labute approximate surface area is 80.7 Å². The summed E-state index contributed by atoms with van der Waals surface area (Å²) in [5.41, 5.74) is 1.77. The number of hydrogen-bond donors (Lipinski definition) is 1. The largest absolute Gasteiger partial charge is 0.464 e. The number of aliphatic hydroxyl groups excluding tert-OH is 1. The maximum Gasteiger partial charge on any atom is 0.138 e. The molecule has 13 heavy (non-hydrogen) atoms. The molecule has 2 aromatic rings. The van der Waals surface area contributed by atoms with Crippen LogP contribution in [-0.4, -0.2) is 11.7 Å². The lowest BCUT2D eigenvalue weighted by Crippen LogP contribution is -1.90. The number of furan rings is 1. The van der Waals surface area contributed by atoms with Crippen LogP contribution < -0.4 is 0 Å². The number of halogens is 1. The highest BCUT2D eigenvalue weighted by molar-refractivity contribution is 6.35. The van der Waals surface area contributed by atoms with Crippen LogP contribution >= 0.6 is 11.6 Å². The minimum Gasteiger partial charge on any atom is -0.464 e. The van der Waals surface area contributed by atoms with Crippen molar-refractivity contribution in [1.29, 1.82) is 0 Å². The van der Waals surface area contributed by atoms with Crippen LogP contribution in [0.15, 0.2) is 28.9 Å². The van der Waals surface area contributed by atoms with E-state index in [1.165, 1.54) is 0 Å². The molecule has 0 amide bonds. The van der Waals surface area contributed by atoms with Gasteiger partial charge in [-0.15, -0.1) is 0 Å². The lowest BCUT2D eigenvalue weighted by Gasteiger charge is -2.00. The van der Waals surface area contributed by atoms with Crippen LogP contribution in [0.1, 0.15) is 5.56 Å². The number of rotatable bonds is 2. The minimum atomic E-state index is 0.122. The van der Waals surface area contributed by atoms with Crippen LogP contribution in [0.4, 0.5) is 0 Å². The molecule has 0 aliphatic rings. The van der Waals surface area contributed by atoms with Gasteiger partial charge in [-0.3, -0.25) is 0 Å². The maximum atomic E-state index is 8.81. The van der Waals surface area contributed by atoms with Gasteiger partial charge in [0.2, 0.25) is 0 Å². The standard InChI is InChI=1S/C10H9ClO2/c11-9-2-1-7(3-5-12)10-8(9)4-6-13-10/h1-2,4,6,12H,3,5H2. The summed E-state index contributed by atoms with van der Waals surface area (Å²) in [6, 6.07) is 5.54. The third-order valence-electron chi connectivity index (χ3n) is 2.03. The van der Waals surface area contributed by atoms with E-state index < -0.39 is 0 Å². The molecular weight excluding hydrogens is 188 g/mol. The molecule has 0 saturated carbocycles. The summed E-state index contributed by atoms with van der Waals surface area (Å²) in [5.74, 6) is 0. The van der Waals surface area contributed by atoms with Gasteiger partial charge in [-0.1, -0.05) is 17.7 Å². The van der Waals surface area contributed by atoms with Crippen molar-refractivity contribution in [1.82, 2.24) is 0 Å². The second-order valence-corrected chi connectivity index (χ2v) is 3.25. The van der Waals surface area contributed by atoms with Gasteiger partial charge in [0.15, 0.2) is 0 Å². The normalized spacial score (nSPS) is 10.9. The summed E-state index contributed by atoms with van der Waals surface area (Å²) >= 11 is 5.95. The van der Waals surface area contributed by atoms with Gasteiger partial charge in [0.25, 0.3) is 0 Å². The van der Waals surface area contributed by atoms with Gasteiger partial charge in [0.05, 0.1) is 11.3 Å². The van der Waals surface area contributed by atoms with Crippen molar-refractivity contribution in [3.05, 3.63) is 35.0 Å². The fourth-order valence-corrected chi connectivity index (χ4v) is 1.61. The SMILES string of the molecule is OCCc1ccc(Cl)c2ccoc12. The zero-order chi connectivity index (χ0) is 9.26. The molecule has 68 valence electrons. The number of aliphatic hydroxyl groups is 1. The van der Waals surface area contributed by atoms with E-state index in [4.69, 9.17) is 21.1 Å². The lowest BCUT2D eigenvalue weighted by molar-refractivity contribution is 0.299. The highest BCUT2D eigenvalue weighted by atomic mass is 35.5. The third kappa shape index (κ3) is 1.43. The molecular formula is C10H9ClO2. The first-order valence-corrected chi connectivity index (χ1v) is 4.46. The van der Waals surface area contributed by atoms with E-state index in [-0.39, 0.29) is 6.61 Å². The summed E-state index contributed by atoms with van der Waals surface area (Å²) in [6.07, 6.45) is 2.21. The fraction of sp³-hybridized carbons (Fsp3) is 0.200. The Balaban J connectivity index is 2.64. The molecule has 2 nitrogen and oxygen atoms in total. The van der Waals surface area contributed by atoms with Crippen molar-refractivity contribution in [3.8, 4) is 0 Å². The van der Waals surface area contributed by atoms with E-state index in [1.54, 1.807) is 6.26 Å². The molecule has 0 unspecified atom stereocenters. The summed E-state index contributed by atoms with van der Waals surface area (Å²) in [7, 11) is 0. The van der Waals surface area contributed by atoms with Gasteiger partial charge in [-0.05, 0) is 24.1 Å². The molecule has 0 radical (unpaired) electrons. The molecule has 1 aromatic heterocycles.